The van der Waals surface area contributed by atoms with E-state index in [1.165, 1.54) is 18.4 Å². The molecule has 1 saturated heterocycles. The summed E-state index contributed by atoms with van der Waals surface area (Å²) >= 11 is 0. The van der Waals surface area contributed by atoms with Gasteiger partial charge in [0.15, 0.2) is 0 Å². The number of phenolic OH excluding ortho intramolecular Hbond substituents is 1. The van der Waals surface area contributed by atoms with Crippen LogP contribution in [0.25, 0.3) is 5.70 Å². The number of nitrogens with zero attached hydrogens (tertiary/aromatic N) is 1. The Morgan fingerprint density at radius 3 is 2.74 bits per heavy atom. The number of benzene rings is 1. The van der Waals surface area contributed by atoms with Gasteiger partial charge in [-0.25, -0.2) is 0 Å². The van der Waals surface area contributed by atoms with Gasteiger partial charge in [-0.05, 0) is 49.5 Å². The van der Waals surface area contributed by atoms with E-state index in [0.717, 1.165) is 36.8 Å². The van der Waals surface area contributed by atoms with Crippen molar-refractivity contribution in [3.05, 3.63) is 35.9 Å². The molecule has 0 unspecified atom stereocenters. The van der Waals surface area contributed by atoms with E-state index in [1.54, 1.807) is 12.1 Å². The first kappa shape index (κ1) is 13.9. The molecule has 104 valence electrons. The van der Waals surface area contributed by atoms with Crippen LogP contribution in [0.5, 0.6) is 5.75 Å². The predicted octanol–water partition coefficient (Wildman–Crippen LogP) is 2.81. The molecule has 1 aromatic carbocycles. The quantitative estimate of drug-likeness (QED) is 0.874. The fourth-order valence-corrected chi connectivity index (χ4v) is 2.58. The normalized spacial score (nSPS) is 17.4. The summed E-state index contributed by atoms with van der Waals surface area (Å²) in [6.07, 6.45) is 2.56. The number of phenols is 1. The second-order valence-electron chi connectivity index (χ2n) is 5.53. The molecule has 1 aliphatic heterocycles. The number of aromatic hydroxyl groups is 1. The lowest BCUT2D eigenvalue weighted by molar-refractivity contribution is 0.185. The topological polar surface area (TPSA) is 35.5 Å². The van der Waals surface area contributed by atoms with Crippen LogP contribution in [0.1, 0.15) is 30.9 Å². The van der Waals surface area contributed by atoms with Gasteiger partial charge in [-0.2, -0.15) is 0 Å². The van der Waals surface area contributed by atoms with Crippen LogP contribution in [0.4, 0.5) is 0 Å². The Morgan fingerprint density at radius 2 is 2.11 bits per heavy atom. The van der Waals surface area contributed by atoms with Crippen molar-refractivity contribution in [3.63, 3.8) is 0 Å². The molecule has 0 spiro atoms. The highest BCUT2D eigenvalue weighted by Crippen LogP contribution is 2.24. The van der Waals surface area contributed by atoms with E-state index in [2.05, 4.69) is 23.7 Å². The molecule has 1 fully saturated rings. The van der Waals surface area contributed by atoms with Gasteiger partial charge in [-0.1, -0.05) is 19.6 Å². The van der Waals surface area contributed by atoms with Crippen molar-refractivity contribution in [2.75, 3.05) is 20.1 Å². The molecule has 3 heteroatoms. The van der Waals surface area contributed by atoms with E-state index < -0.39 is 0 Å². The molecular weight excluding hydrogens is 236 g/mol. The van der Waals surface area contributed by atoms with Crippen LogP contribution in [0, 0.1) is 5.92 Å². The van der Waals surface area contributed by atoms with Crippen molar-refractivity contribution in [2.24, 2.45) is 5.92 Å². The molecule has 1 aromatic rings. The van der Waals surface area contributed by atoms with Crippen molar-refractivity contribution in [1.82, 2.24) is 10.2 Å². The summed E-state index contributed by atoms with van der Waals surface area (Å²) in [4.78, 5) is 2.48. The number of rotatable bonds is 4. The molecule has 2 N–H and O–H groups in total. The molecule has 0 bridgehead atoms. The average molecular weight is 260 g/mol. The van der Waals surface area contributed by atoms with E-state index >= 15 is 0 Å². The zero-order valence-corrected chi connectivity index (χ0v) is 11.9. The van der Waals surface area contributed by atoms with Gasteiger partial charge in [0, 0.05) is 24.9 Å². The molecule has 0 aromatic heterocycles. The van der Waals surface area contributed by atoms with E-state index in [-0.39, 0.29) is 0 Å². The molecular formula is C16H24N2O. The summed E-state index contributed by atoms with van der Waals surface area (Å²) in [5.74, 6) is 1.14. The first-order valence-electron chi connectivity index (χ1n) is 7.01. The SMILES string of the molecule is C=C(NC)c1cc(O)ccc1CN1CCC(C)CC1. The number of hydrogen-bond donors (Lipinski definition) is 2. The highest BCUT2D eigenvalue weighted by atomic mass is 16.3. The van der Waals surface area contributed by atoms with E-state index in [9.17, 15) is 5.11 Å². The maximum Gasteiger partial charge on any atom is 0.116 e. The van der Waals surface area contributed by atoms with Crippen LogP contribution in [0.15, 0.2) is 24.8 Å². The monoisotopic (exact) mass is 260 g/mol. The third-order valence-corrected chi connectivity index (χ3v) is 3.99. The highest BCUT2D eigenvalue weighted by molar-refractivity contribution is 5.66. The number of nitrogens with one attached hydrogen (secondary N) is 1. The molecule has 2 rings (SSSR count). The standard InChI is InChI=1S/C16H24N2O/c1-12-6-8-18(9-7-12)11-14-4-5-15(19)10-16(14)13(2)17-3/h4-5,10,12,17,19H,2,6-9,11H2,1,3H3. The number of piperidine rings is 1. The molecule has 0 atom stereocenters. The summed E-state index contributed by atoms with van der Waals surface area (Å²) in [5.41, 5.74) is 3.10. The van der Waals surface area contributed by atoms with Crippen LogP contribution in [-0.2, 0) is 6.54 Å². The minimum atomic E-state index is 0.294. The molecule has 0 saturated carbocycles. The number of hydrogen-bond acceptors (Lipinski definition) is 3. The van der Waals surface area contributed by atoms with E-state index in [0.29, 0.717) is 5.75 Å². The molecule has 3 nitrogen and oxygen atoms in total. The van der Waals surface area contributed by atoms with E-state index in [1.807, 2.05) is 13.1 Å². The zero-order valence-electron chi connectivity index (χ0n) is 11.9. The largest absolute Gasteiger partial charge is 0.508 e. The van der Waals surface area contributed by atoms with Crippen molar-refractivity contribution >= 4 is 5.70 Å². The molecule has 1 heterocycles. The molecule has 0 aliphatic carbocycles. The summed E-state index contributed by atoms with van der Waals surface area (Å²) in [7, 11) is 1.86. The van der Waals surface area contributed by atoms with Gasteiger partial charge < -0.3 is 10.4 Å². The van der Waals surface area contributed by atoms with Crippen LogP contribution in [-0.4, -0.2) is 30.1 Å². The average Bonchev–Trinajstić information content (AvgIpc) is 2.42. The Hall–Kier alpha value is -1.48. The maximum atomic E-state index is 9.64. The lowest BCUT2D eigenvalue weighted by Crippen LogP contribution is -2.32. The van der Waals surface area contributed by atoms with Crippen molar-refractivity contribution in [1.29, 1.82) is 0 Å². The van der Waals surface area contributed by atoms with Crippen LogP contribution < -0.4 is 5.32 Å². The second-order valence-corrected chi connectivity index (χ2v) is 5.53. The first-order chi connectivity index (χ1) is 9.10. The predicted molar refractivity (Wildman–Crippen MR) is 79.9 cm³/mol. The van der Waals surface area contributed by atoms with E-state index in [4.69, 9.17) is 0 Å². The van der Waals surface area contributed by atoms with Gasteiger partial charge in [-0.15, -0.1) is 0 Å². The van der Waals surface area contributed by atoms with Crippen molar-refractivity contribution < 1.29 is 5.11 Å². The lowest BCUT2D eigenvalue weighted by atomic mass is 9.97. The van der Waals surface area contributed by atoms with Gasteiger partial charge >= 0.3 is 0 Å². The van der Waals surface area contributed by atoms with Gasteiger partial charge in [0.1, 0.15) is 5.75 Å². The summed E-state index contributed by atoms with van der Waals surface area (Å²) in [6, 6.07) is 5.56. The fourth-order valence-electron chi connectivity index (χ4n) is 2.58. The van der Waals surface area contributed by atoms with Crippen molar-refractivity contribution in [3.8, 4) is 5.75 Å². The van der Waals surface area contributed by atoms with Crippen LogP contribution >= 0.6 is 0 Å². The Kier molecular flexibility index (Phi) is 4.48. The zero-order chi connectivity index (χ0) is 13.8. The van der Waals surface area contributed by atoms with Crippen LogP contribution in [0.3, 0.4) is 0 Å². The second kappa shape index (κ2) is 6.11. The third kappa shape index (κ3) is 3.51. The minimum absolute atomic E-state index is 0.294. The maximum absolute atomic E-state index is 9.64. The molecule has 0 amide bonds. The Bertz CT molecular complexity index is 448. The molecule has 1 aliphatic rings. The first-order valence-corrected chi connectivity index (χ1v) is 7.01. The van der Waals surface area contributed by atoms with Crippen molar-refractivity contribution in [2.45, 2.75) is 26.3 Å². The van der Waals surface area contributed by atoms with Gasteiger partial charge in [-0.3, -0.25) is 4.90 Å². The highest BCUT2D eigenvalue weighted by Gasteiger charge is 2.17. The Morgan fingerprint density at radius 1 is 1.42 bits per heavy atom. The summed E-state index contributed by atoms with van der Waals surface area (Å²) < 4.78 is 0. The Labute approximate surface area is 115 Å². The summed E-state index contributed by atoms with van der Waals surface area (Å²) in [6.45, 7) is 9.59. The van der Waals surface area contributed by atoms with Gasteiger partial charge in [0.2, 0.25) is 0 Å². The van der Waals surface area contributed by atoms with Crippen LogP contribution in [0.2, 0.25) is 0 Å². The number of likely N-dealkylation sites (tertiary alicyclic amines) is 1. The lowest BCUT2D eigenvalue weighted by Gasteiger charge is -2.30. The van der Waals surface area contributed by atoms with Gasteiger partial charge in [0.05, 0.1) is 0 Å². The van der Waals surface area contributed by atoms with Gasteiger partial charge in [0.25, 0.3) is 0 Å². The molecule has 0 radical (unpaired) electrons. The Balaban J connectivity index is 2.13. The fraction of sp³-hybridized carbons (Fsp3) is 0.500. The molecule has 19 heavy (non-hydrogen) atoms. The minimum Gasteiger partial charge on any atom is -0.508 e. The third-order valence-electron chi connectivity index (χ3n) is 3.99. The summed E-state index contributed by atoms with van der Waals surface area (Å²) in [5, 5.41) is 12.7. The smallest absolute Gasteiger partial charge is 0.116 e.